The van der Waals surface area contributed by atoms with Gasteiger partial charge in [-0.1, -0.05) is 59.4 Å². The van der Waals surface area contributed by atoms with Gasteiger partial charge in [0.25, 0.3) is 0 Å². The summed E-state index contributed by atoms with van der Waals surface area (Å²) >= 11 is 0. The number of hydrogen-bond acceptors (Lipinski definition) is 2. The minimum Gasteiger partial charge on any atom is -0.493 e. The first-order valence-corrected chi connectivity index (χ1v) is 17.0. The number of rotatable bonds is 18. The molecule has 230 valence electrons. The SMILES string of the molecule is CCCCC1=C(c2cc(CCCC)cc(CCCC)c2)[N+](=[N-])C(c2cc(NC(C)C)cc(NC(C)C)c2)=C1CCCC. The molecule has 0 spiro atoms. The minimum atomic E-state index is 0.315. The molecule has 2 aromatic rings. The number of benzene rings is 2. The molecule has 1 heterocycles. The summed E-state index contributed by atoms with van der Waals surface area (Å²) < 4.78 is 1.56. The molecule has 0 atom stereocenters. The van der Waals surface area contributed by atoms with E-state index in [-0.39, 0.29) is 0 Å². The summed E-state index contributed by atoms with van der Waals surface area (Å²) in [5.74, 6) is 0. The third-order valence-corrected chi connectivity index (χ3v) is 8.00. The average molecular weight is 571 g/mol. The zero-order valence-corrected chi connectivity index (χ0v) is 28.0. The maximum Gasteiger partial charge on any atom is 0.211 e. The lowest BCUT2D eigenvalue weighted by Crippen LogP contribution is -2.13. The molecule has 0 fully saturated rings. The highest BCUT2D eigenvalue weighted by molar-refractivity contribution is 5.84. The Balaban J connectivity index is 2.25. The van der Waals surface area contributed by atoms with Crippen LogP contribution in [0.4, 0.5) is 11.4 Å². The maximum absolute atomic E-state index is 12.3. The summed E-state index contributed by atoms with van der Waals surface area (Å²) in [6.07, 6.45) is 13.4. The third-order valence-electron chi connectivity index (χ3n) is 8.00. The molecule has 3 rings (SSSR count). The zero-order chi connectivity index (χ0) is 30.6. The van der Waals surface area contributed by atoms with Crippen molar-refractivity contribution in [2.45, 2.75) is 145 Å². The van der Waals surface area contributed by atoms with Crippen LogP contribution in [0.5, 0.6) is 0 Å². The summed E-state index contributed by atoms with van der Waals surface area (Å²) in [5, 5.41) is 7.24. The fraction of sp³-hybridized carbons (Fsp3) is 0.579. The smallest absolute Gasteiger partial charge is 0.211 e. The minimum absolute atomic E-state index is 0.315. The van der Waals surface area contributed by atoms with E-state index in [2.05, 4.69) is 102 Å². The van der Waals surface area contributed by atoms with Crippen LogP contribution in [0, 0.1) is 0 Å². The van der Waals surface area contributed by atoms with E-state index in [0.717, 1.165) is 79.7 Å². The lowest BCUT2D eigenvalue weighted by atomic mass is 9.90. The van der Waals surface area contributed by atoms with E-state index in [1.54, 1.807) is 4.70 Å². The molecule has 2 aromatic carbocycles. The van der Waals surface area contributed by atoms with Crippen molar-refractivity contribution in [1.29, 1.82) is 0 Å². The molecule has 0 unspecified atom stereocenters. The van der Waals surface area contributed by atoms with Crippen molar-refractivity contribution < 1.29 is 4.70 Å². The van der Waals surface area contributed by atoms with Crippen molar-refractivity contribution in [3.05, 3.63) is 75.3 Å². The van der Waals surface area contributed by atoms with Gasteiger partial charge in [0, 0.05) is 40.2 Å². The Bertz CT molecular complexity index is 1190. The standard InChI is InChI=1S/C38H58N4/c1-9-13-17-29-21-30(18-14-10-2)23-31(22-29)37-35(19-15-11-3)36(20-16-12-4)38(42(37)39)32-24-33(40-27(5)6)26-34(25-32)41-28(7)8/h21-28,40-41H,9-20H2,1-8H3. The van der Waals surface area contributed by atoms with Crippen LogP contribution in [0.2, 0.25) is 0 Å². The third kappa shape index (κ3) is 9.06. The highest BCUT2D eigenvalue weighted by Gasteiger charge is 2.35. The Morgan fingerprint density at radius 2 is 0.929 bits per heavy atom. The first-order valence-electron chi connectivity index (χ1n) is 17.0. The molecule has 0 aliphatic carbocycles. The molecule has 4 heteroatoms. The van der Waals surface area contributed by atoms with Gasteiger partial charge in [-0.25, -0.2) is 4.70 Å². The number of allylic oxidation sites excluding steroid dienone is 2. The van der Waals surface area contributed by atoms with Crippen molar-refractivity contribution in [2.24, 2.45) is 0 Å². The van der Waals surface area contributed by atoms with Gasteiger partial charge in [-0.3, -0.25) is 0 Å². The summed E-state index contributed by atoms with van der Waals surface area (Å²) in [6.45, 7) is 17.7. The zero-order valence-electron chi connectivity index (χ0n) is 28.0. The molecule has 0 saturated heterocycles. The Hall–Kier alpha value is -2.88. The van der Waals surface area contributed by atoms with Crippen molar-refractivity contribution in [2.75, 3.05) is 10.6 Å². The van der Waals surface area contributed by atoms with Crippen molar-refractivity contribution in [3.8, 4) is 0 Å². The van der Waals surface area contributed by atoms with Crippen molar-refractivity contribution in [3.63, 3.8) is 0 Å². The summed E-state index contributed by atoms with van der Waals surface area (Å²) in [7, 11) is 0. The van der Waals surface area contributed by atoms with Gasteiger partial charge in [0.2, 0.25) is 11.4 Å². The van der Waals surface area contributed by atoms with Gasteiger partial charge < -0.3 is 16.2 Å². The highest BCUT2D eigenvalue weighted by Crippen LogP contribution is 2.45. The second-order valence-corrected chi connectivity index (χ2v) is 12.8. The van der Waals surface area contributed by atoms with E-state index in [1.165, 1.54) is 53.5 Å². The number of nitrogens with one attached hydrogen (secondary N) is 2. The first kappa shape index (κ1) is 33.6. The monoisotopic (exact) mass is 570 g/mol. The molecule has 42 heavy (non-hydrogen) atoms. The van der Waals surface area contributed by atoms with E-state index in [1.807, 2.05) is 0 Å². The number of anilines is 2. The molecular formula is C38H58N4. The van der Waals surface area contributed by atoms with Crippen LogP contribution in [0.1, 0.15) is 142 Å². The first-order chi connectivity index (χ1) is 20.2. The fourth-order valence-electron chi connectivity index (χ4n) is 6.04. The molecule has 0 amide bonds. The van der Waals surface area contributed by atoms with E-state index in [0.29, 0.717) is 12.1 Å². The van der Waals surface area contributed by atoms with Crippen molar-refractivity contribution >= 4 is 22.8 Å². The summed E-state index contributed by atoms with van der Waals surface area (Å²) in [6, 6.07) is 14.4. The van der Waals surface area contributed by atoms with Gasteiger partial charge in [-0.15, -0.1) is 0 Å². The molecule has 0 saturated carbocycles. The van der Waals surface area contributed by atoms with E-state index < -0.39 is 0 Å². The molecule has 1 aliphatic rings. The molecule has 4 nitrogen and oxygen atoms in total. The van der Waals surface area contributed by atoms with Crippen LogP contribution in [-0.4, -0.2) is 16.8 Å². The van der Waals surface area contributed by atoms with Crippen LogP contribution < -0.4 is 10.6 Å². The second kappa shape index (κ2) is 16.7. The Kier molecular flexibility index (Phi) is 13.4. The molecule has 2 N–H and O–H groups in total. The highest BCUT2D eigenvalue weighted by atomic mass is 15.2. The molecule has 1 aliphatic heterocycles. The Morgan fingerprint density at radius 3 is 1.31 bits per heavy atom. The average Bonchev–Trinajstić information content (AvgIpc) is 3.22. The van der Waals surface area contributed by atoms with Gasteiger partial charge in [0.15, 0.2) is 0 Å². The van der Waals surface area contributed by atoms with Crippen LogP contribution >= 0.6 is 0 Å². The number of nitrogens with zero attached hydrogens (tertiary/aromatic N) is 2. The van der Waals surface area contributed by atoms with E-state index in [4.69, 9.17) is 0 Å². The molecular weight excluding hydrogens is 512 g/mol. The molecule has 0 aromatic heterocycles. The number of aryl methyl sites for hydroxylation is 2. The Labute approximate surface area is 257 Å². The number of hydrogen-bond donors (Lipinski definition) is 2. The van der Waals surface area contributed by atoms with Crippen LogP contribution in [0.3, 0.4) is 0 Å². The lowest BCUT2D eigenvalue weighted by Gasteiger charge is -2.18. The normalized spacial score (nSPS) is 13.7. The van der Waals surface area contributed by atoms with Gasteiger partial charge in [0.1, 0.15) is 0 Å². The van der Waals surface area contributed by atoms with E-state index in [9.17, 15) is 5.53 Å². The number of unbranched alkanes of at least 4 members (excludes halogenated alkanes) is 4. The van der Waals surface area contributed by atoms with Crippen LogP contribution in [0.15, 0.2) is 47.5 Å². The van der Waals surface area contributed by atoms with Crippen LogP contribution in [0.25, 0.3) is 16.9 Å². The Morgan fingerprint density at radius 1 is 0.548 bits per heavy atom. The quantitative estimate of drug-likeness (QED) is 0.175. The fourth-order valence-corrected chi connectivity index (χ4v) is 6.04. The predicted molar refractivity (Wildman–Crippen MR) is 184 cm³/mol. The van der Waals surface area contributed by atoms with Gasteiger partial charge in [0.05, 0.1) is 5.56 Å². The second-order valence-electron chi connectivity index (χ2n) is 12.8. The van der Waals surface area contributed by atoms with Gasteiger partial charge >= 0.3 is 0 Å². The molecule has 0 bridgehead atoms. The molecule has 0 radical (unpaired) electrons. The van der Waals surface area contributed by atoms with Crippen molar-refractivity contribution in [1.82, 2.24) is 0 Å². The summed E-state index contributed by atoms with van der Waals surface area (Å²) in [4.78, 5) is 0. The van der Waals surface area contributed by atoms with E-state index >= 15 is 0 Å². The van der Waals surface area contributed by atoms with Gasteiger partial charge in [-0.2, -0.15) is 0 Å². The topological polar surface area (TPSA) is 49.4 Å². The predicted octanol–water partition coefficient (Wildman–Crippen LogP) is 11.6. The maximum atomic E-state index is 12.3. The summed E-state index contributed by atoms with van der Waals surface area (Å²) in [5.41, 5.74) is 24.0. The van der Waals surface area contributed by atoms with Gasteiger partial charge in [-0.05, 0) is 121 Å². The van der Waals surface area contributed by atoms with Crippen LogP contribution in [-0.2, 0) is 12.8 Å². The largest absolute Gasteiger partial charge is 0.493 e. The lowest BCUT2D eigenvalue weighted by molar-refractivity contribution is -0.345.